The first-order chi connectivity index (χ1) is 13.8. The van der Waals surface area contributed by atoms with Gasteiger partial charge in [-0.3, -0.25) is 0 Å². The second-order valence-corrected chi connectivity index (χ2v) is 9.02. The van der Waals surface area contributed by atoms with Crippen LogP contribution in [0.2, 0.25) is 0 Å². The lowest BCUT2D eigenvalue weighted by molar-refractivity contribution is 0.0675. The Balaban J connectivity index is 1.43. The molecule has 0 amide bonds. The summed E-state index contributed by atoms with van der Waals surface area (Å²) in [4.78, 5) is 6.10. The van der Waals surface area contributed by atoms with Gasteiger partial charge in [-0.15, -0.1) is 22.7 Å². The Hall–Kier alpha value is -1.73. The van der Waals surface area contributed by atoms with E-state index in [1.54, 1.807) is 22.7 Å². The molecular weight excluding hydrogens is 388 g/mol. The van der Waals surface area contributed by atoms with Gasteiger partial charge in [-0.1, -0.05) is 24.3 Å². The van der Waals surface area contributed by atoms with Crippen molar-refractivity contribution in [2.75, 3.05) is 13.2 Å². The SMILES string of the molecule is Cc1csc(C(Cc2cccs2)NCc2ccccc2OCC2CCCO2)n1. The molecule has 0 aliphatic carbocycles. The molecular formula is C22H26N2O2S2. The lowest BCUT2D eigenvalue weighted by atomic mass is 10.1. The maximum absolute atomic E-state index is 6.09. The van der Waals surface area contributed by atoms with E-state index in [-0.39, 0.29) is 12.1 Å². The van der Waals surface area contributed by atoms with Gasteiger partial charge in [0.05, 0.1) is 12.1 Å². The van der Waals surface area contributed by atoms with E-state index in [9.17, 15) is 0 Å². The summed E-state index contributed by atoms with van der Waals surface area (Å²) in [7, 11) is 0. The van der Waals surface area contributed by atoms with Gasteiger partial charge in [-0.2, -0.15) is 0 Å². The lowest BCUT2D eigenvalue weighted by Crippen LogP contribution is -2.23. The predicted molar refractivity (Wildman–Crippen MR) is 115 cm³/mol. The van der Waals surface area contributed by atoms with Crippen molar-refractivity contribution in [3.8, 4) is 5.75 Å². The van der Waals surface area contributed by atoms with Crippen LogP contribution in [0.4, 0.5) is 0 Å². The number of ether oxygens (including phenoxy) is 2. The molecule has 2 unspecified atom stereocenters. The topological polar surface area (TPSA) is 43.4 Å². The normalized spacial score (nSPS) is 17.7. The Morgan fingerprint density at radius 2 is 2.18 bits per heavy atom. The number of nitrogens with one attached hydrogen (secondary N) is 1. The Kier molecular flexibility index (Phi) is 6.75. The standard InChI is InChI=1S/C22H26N2O2S2/c1-16-15-28-22(24-16)20(12-19-8-5-11-27-19)23-13-17-6-2-3-9-21(17)26-14-18-7-4-10-25-18/h2-3,5-6,8-9,11,15,18,20,23H,4,7,10,12-14H2,1H3. The molecule has 28 heavy (non-hydrogen) atoms. The minimum atomic E-state index is 0.198. The third kappa shape index (κ3) is 5.20. The minimum Gasteiger partial charge on any atom is -0.491 e. The highest BCUT2D eigenvalue weighted by atomic mass is 32.1. The summed E-state index contributed by atoms with van der Waals surface area (Å²) >= 11 is 3.53. The van der Waals surface area contributed by atoms with Crippen LogP contribution in [-0.4, -0.2) is 24.3 Å². The van der Waals surface area contributed by atoms with Crippen molar-refractivity contribution in [3.05, 3.63) is 68.3 Å². The summed E-state index contributed by atoms with van der Waals surface area (Å²) in [6, 6.07) is 12.8. The zero-order chi connectivity index (χ0) is 19.2. The van der Waals surface area contributed by atoms with Crippen LogP contribution in [0.5, 0.6) is 5.75 Å². The highest BCUT2D eigenvalue weighted by molar-refractivity contribution is 7.10. The van der Waals surface area contributed by atoms with E-state index in [4.69, 9.17) is 14.5 Å². The lowest BCUT2D eigenvalue weighted by Gasteiger charge is -2.18. The summed E-state index contributed by atoms with van der Waals surface area (Å²) in [5.41, 5.74) is 2.25. The van der Waals surface area contributed by atoms with Crippen LogP contribution >= 0.6 is 22.7 Å². The zero-order valence-corrected chi connectivity index (χ0v) is 17.7. The van der Waals surface area contributed by atoms with Crippen LogP contribution in [0.25, 0.3) is 0 Å². The fraction of sp³-hybridized carbons (Fsp3) is 0.409. The van der Waals surface area contributed by atoms with Crippen molar-refractivity contribution in [1.29, 1.82) is 0 Å². The number of thiazole rings is 1. The first-order valence-electron chi connectivity index (χ1n) is 9.78. The molecule has 1 fully saturated rings. The molecule has 1 saturated heterocycles. The molecule has 0 bridgehead atoms. The molecule has 0 saturated carbocycles. The second kappa shape index (κ2) is 9.65. The van der Waals surface area contributed by atoms with Gasteiger partial charge >= 0.3 is 0 Å². The first-order valence-corrected chi connectivity index (χ1v) is 11.5. The van der Waals surface area contributed by atoms with Gasteiger partial charge < -0.3 is 14.8 Å². The van der Waals surface area contributed by atoms with Gasteiger partial charge in [0.2, 0.25) is 0 Å². The number of thiophene rings is 1. The number of hydrogen-bond acceptors (Lipinski definition) is 6. The van der Waals surface area contributed by atoms with E-state index < -0.39 is 0 Å². The molecule has 2 aromatic heterocycles. The molecule has 0 radical (unpaired) electrons. The molecule has 0 spiro atoms. The Morgan fingerprint density at radius 1 is 1.25 bits per heavy atom. The van der Waals surface area contributed by atoms with E-state index in [0.717, 1.165) is 48.9 Å². The summed E-state index contributed by atoms with van der Waals surface area (Å²) in [5, 5.41) is 9.11. The highest BCUT2D eigenvalue weighted by Gasteiger charge is 2.19. The zero-order valence-electron chi connectivity index (χ0n) is 16.1. The number of benzene rings is 1. The Bertz CT molecular complexity index is 857. The fourth-order valence-electron chi connectivity index (χ4n) is 3.39. The molecule has 1 aliphatic heterocycles. The van der Waals surface area contributed by atoms with E-state index >= 15 is 0 Å². The summed E-state index contributed by atoms with van der Waals surface area (Å²) in [6.07, 6.45) is 3.40. The summed E-state index contributed by atoms with van der Waals surface area (Å²) < 4.78 is 11.8. The van der Waals surface area contributed by atoms with E-state index in [0.29, 0.717) is 6.61 Å². The van der Waals surface area contributed by atoms with Gasteiger partial charge in [0.25, 0.3) is 0 Å². The maximum atomic E-state index is 6.09. The first kappa shape index (κ1) is 19.6. The number of nitrogens with zero attached hydrogens (tertiary/aromatic N) is 1. The largest absolute Gasteiger partial charge is 0.491 e. The number of hydrogen-bond donors (Lipinski definition) is 1. The number of aromatic nitrogens is 1. The monoisotopic (exact) mass is 414 g/mol. The van der Waals surface area contributed by atoms with Crippen LogP contribution < -0.4 is 10.1 Å². The fourth-order valence-corrected chi connectivity index (χ4v) is 5.01. The number of rotatable bonds is 9. The molecule has 3 heterocycles. The predicted octanol–water partition coefficient (Wildman–Crippen LogP) is 5.14. The smallest absolute Gasteiger partial charge is 0.123 e. The van der Waals surface area contributed by atoms with Gasteiger partial charge in [-0.25, -0.2) is 4.98 Å². The number of aryl methyl sites for hydroxylation is 1. The molecule has 6 heteroatoms. The van der Waals surface area contributed by atoms with Gasteiger partial charge in [0, 0.05) is 41.1 Å². The minimum absolute atomic E-state index is 0.198. The third-order valence-corrected chi connectivity index (χ3v) is 6.86. The summed E-state index contributed by atoms with van der Waals surface area (Å²) in [6.45, 7) is 4.28. The van der Waals surface area contributed by atoms with Crippen molar-refractivity contribution >= 4 is 22.7 Å². The third-order valence-electron chi connectivity index (χ3n) is 4.88. The molecule has 148 valence electrons. The molecule has 3 aromatic rings. The quantitative estimate of drug-likeness (QED) is 0.526. The van der Waals surface area contributed by atoms with Crippen molar-refractivity contribution in [1.82, 2.24) is 10.3 Å². The van der Waals surface area contributed by atoms with Crippen molar-refractivity contribution in [2.24, 2.45) is 0 Å². The average molecular weight is 415 g/mol. The van der Waals surface area contributed by atoms with E-state index in [2.05, 4.69) is 47.3 Å². The number of para-hydroxylation sites is 1. The van der Waals surface area contributed by atoms with Crippen LogP contribution in [0.1, 0.15) is 40.0 Å². The van der Waals surface area contributed by atoms with Crippen LogP contribution in [0, 0.1) is 6.92 Å². The molecule has 1 N–H and O–H groups in total. The van der Waals surface area contributed by atoms with Crippen LogP contribution in [0.15, 0.2) is 47.2 Å². The second-order valence-electron chi connectivity index (χ2n) is 7.10. The van der Waals surface area contributed by atoms with Gasteiger partial charge in [-0.05, 0) is 37.3 Å². The van der Waals surface area contributed by atoms with Crippen molar-refractivity contribution in [3.63, 3.8) is 0 Å². The van der Waals surface area contributed by atoms with E-state index in [1.807, 2.05) is 12.1 Å². The average Bonchev–Trinajstić information content (AvgIpc) is 3.47. The molecule has 2 atom stereocenters. The molecule has 4 rings (SSSR count). The van der Waals surface area contributed by atoms with Crippen molar-refractivity contribution in [2.45, 2.75) is 44.9 Å². The van der Waals surface area contributed by atoms with Crippen LogP contribution in [-0.2, 0) is 17.7 Å². The molecule has 1 aliphatic rings. The maximum Gasteiger partial charge on any atom is 0.123 e. The van der Waals surface area contributed by atoms with Crippen molar-refractivity contribution < 1.29 is 9.47 Å². The Morgan fingerprint density at radius 3 is 2.93 bits per heavy atom. The molecule has 4 nitrogen and oxygen atoms in total. The summed E-state index contributed by atoms with van der Waals surface area (Å²) in [5.74, 6) is 0.940. The molecule has 1 aromatic carbocycles. The highest BCUT2D eigenvalue weighted by Crippen LogP contribution is 2.26. The van der Waals surface area contributed by atoms with Gasteiger partial charge in [0.15, 0.2) is 0 Å². The Labute approximate surface area is 174 Å². The van der Waals surface area contributed by atoms with Gasteiger partial charge in [0.1, 0.15) is 17.4 Å². The van der Waals surface area contributed by atoms with E-state index in [1.165, 1.54) is 10.4 Å². The van der Waals surface area contributed by atoms with Crippen LogP contribution in [0.3, 0.4) is 0 Å².